The molecule has 7 nitrogen and oxygen atoms in total. The molecule has 0 aromatic heterocycles. The van der Waals surface area contributed by atoms with Crippen LogP contribution in [0, 0.1) is 0 Å². The standard InChI is InChI=1S/C25H29N5O2/c1-18(28-23(19(2)26-3)24(31)29-22-8-5-4-6-9-22)20-10-12-21(13-11-20)25(32)30-16-7-14-27-15-17-30/h4-6,8-13,27H,3,7,14-17H2,1-2H3,(H,29,31)/b23-19-,28-18?. The molecular formula is C25H29N5O2. The number of rotatable bonds is 6. The van der Waals surface area contributed by atoms with Crippen LogP contribution in [0.5, 0.6) is 0 Å². The molecule has 0 bridgehead atoms. The Kier molecular flexibility index (Phi) is 8.05. The van der Waals surface area contributed by atoms with Gasteiger partial charge < -0.3 is 15.5 Å². The van der Waals surface area contributed by atoms with Gasteiger partial charge >= 0.3 is 0 Å². The number of para-hydroxylation sites is 1. The lowest BCUT2D eigenvalue weighted by Crippen LogP contribution is -2.34. The summed E-state index contributed by atoms with van der Waals surface area (Å²) in [5, 5.41) is 6.14. The Hall–Kier alpha value is -3.58. The van der Waals surface area contributed by atoms with Gasteiger partial charge in [0.2, 0.25) is 0 Å². The summed E-state index contributed by atoms with van der Waals surface area (Å²) in [5.74, 6) is -0.327. The summed E-state index contributed by atoms with van der Waals surface area (Å²) >= 11 is 0. The van der Waals surface area contributed by atoms with Crippen LogP contribution in [0.25, 0.3) is 0 Å². The quantitative estimate of drug-likeness (QED) is 0.542. The van der Waals surface area contributed by atoms with Crippen LogP contribution in [-0.2, 0) is 4.79 Å². The molecule has 1 saturated heterocycles. The number of amides is 2. The van der Waals surface area contributed by atoms with Gasteiger partial charge in [0.15, 0.2) is 0 Å². The second kappa shape index (κ2) is 11.2. The number of carbonyl (C=O) groups is 2. The zero-order valence-electron chi connectivity index (χ0n) is 18.6. The van der Waals surface area contributed by atoms with E-state index >= 15 is 0 Å². The first-order valence-electron chi connectivity index (χ1n) is 10.7. The molecule has 3 rings (SSSR count). The highest BCUT2D eigenvalue weighted by atomic mass is 16.2. The van der Waals surface area contributed by atoms with Crippen molar-refractivity contribution < 1.29 is 9.59 Å². The molecule has 0 spiro atoms. The Labute approximate surface area is 189 Å². The Morgan fingerprint density at radius 2 is 1.66 bits per heavy atom. The van der Waals surface area contributed by atoms with Crippen LogP contribution in [0.1, 0.15) is 36.2 Å². The third-order valence-electron chi connectivity index (χ3n) is 5.28. The van der Waals surface area contributed by atoms with Crippen molar-refractivity contribution in [2.24, 2.45) is 9.98 Å². The van der Waals surface area contributed by atoms with E-state index in [-0.39, 0.29) is 17.5 Å². The second-order valence-corrected chi connectivity index (χ2v) is 7.58. The second-order valence-electron chi connectivity index (χ2n) is 7.58. The predicted molar refractivity (Wildman–Crippen MR) is 129 cm³/mol. The molecule has 1 fully saturated rings. The molecule has 1 aliphatic rings. The number of nitrogens with one attached hydrogen (secondary N) is 2. The Morgan fingerprint density at radius 1 is 0.969 bits per heavy atom. The lowest BCUT2D eigenvalue weighted by molar-refractivity contribution is -0.112. The normalized spacial score (nSPS) is 15.4. The van der Waals surface area contributed by atoms with E-state index in [1.54, 1.807) is 31.2 Å². The van der Waals surface area contributed by atoms with Crippen LogP contribution in [0.15, 0.2) is 76.0 Å². The van der Waals surface area contributed by atoms with E-state index in [1.165, 1.54) is 0 Å². The summed E-state index contributed by atoms with van der Waals surface area (Å²) < 4.78 is 0. The molecule has 32 heavy (non-hydrogen) atoms. The van der Waals surface area contributed by atoms with Crippen molar-refractivity contribution in [3.8, 4) is 0 Å². The van der Waals surface area contributed by atoms with Gasteiger partial charge in [-0.2, -0.15) is 0 Å². The zero-order chi connectivity index (χ0) is 22.9. The molecule has 0 aliphatic carbocycles. The summed E-state index contributed by atoms with van der Waals surface area (Å²) in [7, 11) is 0. The zero-order valence-corrected chi connectivity index (χ0v) is 18.6. The summed E-state index contributed by atoms with van der Waals surface area (Å²) in [6.45, 7) is 10.3. The molecule has 7 heteroatoms. The molecule has 0 saturated carbocycles. The van der Waals surface area contributed by atoms with E-state index in [2.05, 4.69) is 27.3 Å². The molecule has 2 aromatic rings. The SMILES string of the molecule is C=N/C(C)=C(\N=C(C)c1ccc(C(=O)N2CCCNCC2)cc1)C(=O)Nc1ccccc1. The van der Waals surface area contributed by atoms with Crippen molar-refractivity contribution >= 4 is 29.9 Å². The fourth-order valence-corrected chi connectivity index (χ4v) is 3.40. The number of aliphatic imine (C=N–C) groups is 2. The van der Waals surface area contributed by atoms with Crippen LogP contribution >= 0.6 is 0 Å². The van der Waals surface area contributed by atoms with Crippen molar-refractivity contribution in [1.29, 1.82) is 0 Å². The molecule has 0 atom stereocenters. The molecule has 1 aliphatic heterocycles. The van der Waals surface area contributed by atoms with Crippen molar-refractivity contribution in [1.82, 2.24) is 10.2 Å². The minimum Gasteiger partial charge on any atom is -0.337 e. The Balaban J connectivity index is 1.78. The predicted octanol–water partition coefficient (Wildman–Crippen LogP) is 3.50. The van der Waals surface area contributed by atoms with E-state index in [0.717, 1.165) is 31.6 Å². The molecule has 2 N–H and O–H groups in total. The summed E-state index contributed by atoms with van der Waals surface area (Å²) in [4.78, 5) is 35.9. The summed E-state index contributed by atoms with van der Waals surface area (Å²) in [6, 6.07) is 16.5. The summed E-state index contributed by atoms with van der Waals surface area (Å²) in [6.07, 6.45) is 0.951. The van der Waals surface area contributed by atoms with E-state index in [4.69, 9.17) is 0 Å². The van der Waals surface area contributed by atoms with E-state index in [9.17, 15) is 9.59 Å². The van der Waals surface area contributed by atoms with Crippen LogP contribution in [-0.4, -0.2) is 55.3 Å². The number of nitrogens with zero attached hydrogens (tertiary/aromatic N) is 3. The maximum absolute atomic E-state index is 12.8. The van der Waals surface area contributed by atoms with Crippen molar-refractivity contribution in [3.63, 3.8) is 0 Å². The van der Waals surface area contributed by atoms with Gasteiger partial charge in [0.1, 0.15) is 5.70 Å². The minimum absolute atomic E-state index is 0.0318. The number of benzene rings is 2. The number of carbonyl (C=O) groups excluding carboxylic acids is 2. The van der Waals surface area contributed by atoms with Crippen molar-refractivity contribution in [3.05, 3.63) is 77.1 Å². The third kappa shape index (κ3) is 5.98. The largest absolute Gasteiger partial charge is 0.337 e. The highest BCUT2D eigenvalue weighted by molar-refractivity contribution is 6.08. The molecular weight excluding hydrogens is 402 g/mol. The number of anilines is 1. The smallest absolute Gasteiger partial charge is 0.276 e. The van der Waals surface area contributed by atoms with E-state index in [0.29, 0.717) is 29.2 Å². The van der Waals surface area contributed by atoms with Gasteiger partial charge in [-0.3, -0.25) is 14.6 Å². The van der Waals surface area contributed by atoms with Gasteiger partial charge in [0.05, 0.1) is 5.70 Å². The van der Waals surface area contributed by atoms with Crippen LogP contribution in [0.4, 0.5) is 5.69 Å². The number of hydrogen-bond acceptors (Lipinski definition) is 5. The maximum Gasteiger partial charge on any atom is 0.276 e. The third-order valence-corrected chi connectivity index (χ3v) is 5.28. The molecule has 0 unspecified atom stereocenters. The monoisotopic (exact) mass is 431 g/mol. The maximum atomic E-state index is 12.8. The van der Waals surface area contributed by atoms with Gasteiger partial charge in [-0.1, -0.05) is 30.3 Å². The van der Waals surface area contributed by atoms with Crippen molar-refractivity contribution in [2.45, 2.75) is 20.3 Å². The molecule has 2 aromatic carbocycles. The van der Waals surface area contributed by atoms with Gasteiger partial charge in [-0.15, -0.1) is 0 Å². The van der Waals surface area contributed by atoms with Gasteiger partial charge in [0, 0.05) is 36.6 Å². The van der Waals surface area contributed by atoms with Crippen LogP contribution in [0.3, 0.4) is 0 Å². The lowest BCUT2D eigenvalue weighted by atomic mass is 10.1. The topological polar surface area (TPSA) is 86.2 Å². The first-order chi connectivity index (χ1) is 15.5. The summed E-state index contributed by atoms with van der Waals surface area (Å²) in [5.41, 5.74) is 3.40. The molecule has 1 heterocycles. The highest BCUT2D eigenvalue weighted by Crippen LogP contribution is 2.16. The van der Waals surface area contributed by atoms with Gasteiger partial charge in [-0.25, -0.2) is 4.99 Å². The highest BCUT2D eigenvalue weighted by Gasteiger charge is 2.17. The van der Waals surface area contributed by atoms with Gasteiger partial charge in [0.25, 0.3) is 11.8 Å². The van der Waals surface area contributed by atoms with Crippen molar-refractivity contribution in [2.75, 3.05) is 31.5 Å². The minimum atomic E-state index is -0.359. The molecule has 2 amide bonds. The van der Waals surface area contributed by atoms with E-state index in [1.807, 2.05) is 42.2 Å². The average molecular weight is 432 g/mol. The molecule has 0 radical (unpaired) electrons. The van der Waals surface area contributed by atoms with E-state index < -0.39 is 0 Å². The number of hydrogen-bond donors (Lipinski definition) is 2. The Bertz CT molecular complexity index is 1020. The fourth-order valence-electron chi connectivity index (χ4n) is 3.40. The average Bonchev–Trinajstić information content (AvgIpc) is 3.12. The lowest BCUT2D eigenvalue weighted by Gasteiger charge is -2.20. The number of allylic oxidation sites excluding steroid dienone is 1. The fraction of sp³-hybridized carbons (Fsp3) is 0.280. The van der Waals surface area contributed by atoms with Crippen LogP contribution < -0.4 is 10.6 Å². The first kappa shape index (κ1) is 23.1. The molecule has 166 valence electrons. The van der Waals surface area contributed by atoms with Gasteiger partial charge in [-0.05, 0) is 63.4 Å². The Morgan fingerprint density at radius 3 is 2.34 bits per heavy atom. The first-order valence-corrected chi connectivity index (χ1v) is 10.7. The van der Waals surface area contributed by atoms with Crippen LogP contribution in [0.2, 0.25) is 0 Å².